The maximum absolute atomic E-state index is 12.7. The molecule has 34 heavy (non-hydrogen) atoms. The van der Waals surface area contributed by atoms with Crippen LogP contribution in [0.25, 0.3) is 0 Å². The second kappa shape index (κ2) is 12.5. The van der Waals surface area contributed by atoms with Crippen LogP contribution in [-0.2, 0) is 14.8 Å². The summed E-state index contributed by atoms with van der Waals surface area (Å²) in [4.78, 5) is 8.87. The summed E-state index contributed by atoms with van der Waals surface area (Å²) in [5, 5.41) is 20.4. The quantitative estimate of drug-likeness (QED) is 0.478. The molecule has 0 radical (unpaired) electrons. The maximum Gasteiger partial charge on any atom is 0.240 e. The number of piperazine rings is 1. The largest absolute Gasteiger partial charge is 0.394 e. The lowest BCUT2D eigenvalue weighted by molar-refractivity contribution is -0.0201. The Morgan fingerprint density at radius 1 is 1.06 bits per heavy atom. The Hall–Kier alpha value is -1.50. The Balaban J connectivity index is 0.00000204. The fourth-order valence-corrected chi connectivity index (χ4v) is 5.42. The predicted molar refractivity (Wildman–Crippen MR) is 134 cm³/mol. The van der Waals surface area contributed by atoms with Crippen molar-refractivity contribution in [3.05, 3.63) is 54.2 Å². The first kappa shape index (κ1) is 28.7. The van der Waals surface area contributed by atoms with E-state index in [-0.39, 0.29) is 42.9 Å². The molecule has 3 heterocycles. The predicted octanol–water partition coefficient (Wildman–Crippen LogP) is 0.823. The number of nitrogens with zero attached hydrogens (tertiary/aromatic N) is 3. The van der Waals surface area contributed by atoms with E-state index in [2.05, 4.69) is 19.5 Å². The molecule has 190 valence electrons. The molecule has 2 aromatic rings. The van der Waals surface area contributed by atoms with E-state index in [4.69, 9.17) is 4.74 Å². The lowest BCUT2D eigenvalue weighted by atomic mass is 10.0. The van der Waals surface area contributed by atoms with Crippen LogP contribution >= 0.6 is 24.8 Å². The smallest absolute Gasteiger partial charge is 0.240 e. The van der Waals surface area contributed by atoms with E-state index in [1.807, 2.05) is 25.1 Å². The summed E-state index contributed by atoms with van der Waals surface area (Å²) in [7, 11) is -3.71. The third-order valence-electron chi connectivity index (χ3n) is 6.16. The zero-order valence-corrected chi connectivity index (χ0v) is 21.3. The van der Waals surface area contributed by atoms with Gasteiger partial charge in [0.15, 0.2) is 0 Å². The van der Waals surface area contributed by atoms with Crippen LogP contribution in [-0.4, -0.2) is 92.2 Å². The van der Waals surface area contributed by atoms with Crippen molar-refractivity contribution in [2.75, 3.05) is 44.2 Å². The fourth-order valence-electron chi connectivity index (χ4n) is 4.38. The summed E-state index contributed by atoms with van der Waals surface area (Å²) in [5.74, 6) is 0.908. The first-order valence-electron chi connectivity index (χ1n) is 10.8. The van der Waals surface area contributed by atoms with Gasteiger partial charge in [-0.25, -0.2) is 18.1 Å². The molecule has 0 spiro atoms. The summed E-state index contributed by atoms with van der Waals surface area (Å²) < 4.78 is 33.9. The molecular formula is C22H32Cl2N4O5S. The van der Waals surface area contributed by atoms with Crippen LogP contribution in [0.5, 0.6) is 0 Å². The van der Waals surface area contributed by atoms with Crippen LogP contribution in [0.4, 0.5) is 5.82 Å². The molecule has 0 saturated carbocycles. The Morgan fingerprint density at radius 3 is 2.32 bits per heavy atom. The van der Waals surface area contributed by atoms with E-state index in [0.717, 1.165) is 24.5 Å². The molecule has 1 aromatic heterocycles. The Bertz CT molecular complexity index is 992. The number of sulfonamides is 1. The van der Waals surface area contributed by atoms with Crippen LogP contribution < -0.4 is 9.62 Å². The number of anilines is 1. The highest BCUT2D eigenvalue weighted by Gasteiger charge is 2.47. The standard InChI is InChI=1S/C22H30N4O5S.2ClH/c1-16-5-7-17(8-6-16)32(29,30)24-14-18-21(22(28)19(15-27)31-18)26-12-10-25(11-13-26)20-4-2-3-9-23-20;;/h2-9,18-19,21-22,24,27-28H,10-15H2,1H3;2*1H/t18-,19+,21+,22-;;/m1../s1. The van der Waals surface area contributed by atoms with Crippen LogP contribution in [0.3, 0.4) is 0 Å². The topological polar surface area (TPSA) is 115 Å². The van der Waals surface area contributed by atoms with Crippen molar-refractivity contribution in [2.24, 2.45) is 0 Å². The first-order valence-corrected chi connectivity index (χ1v) is 12.3. The number of aliphatic hydroxyl groups is 2. The molecule has 9 nitrogen and oxygen atoms in total. The number of hydrogen-bond acceptors (Lipinski definition) is 8. The van der Waals surface area contributed by atoms with Gasteiger partial charge in [0.05, 0.1) is 23.6 Å². The van der Waals surface area contributed by atoms with Crippen molar-refractivity contribution in [3.8, 4) is 0 Å². The number of aromatic nitrogens is 1. The number of aryl methyl sites for hydroxylation is 1. The number of pyridine rings is 1. The number of aliphatic hydroxyl groups excluding tert-OH is 2. The fraction of sp³-hybridized carbons (Fsp3) is 0.500. The Labute approximate surface area is 213 Å². The third kappa shape index (κ3) is 6.38. The van der Waals surface area contributed by atoms with Crippen molar-refractivity contribution in [1.29, 1.82) is 0 Å². The Kier molecular flexibility index (Phi) is 10.5. The van der Waals surface area contributed by atoms with Gasteiger partial charge in [0.25, 0.3) is 0 Å². The molecule has 3 N–H and O–H groups in total. The van der Waals surface area contributed by atoms with E-state index >= 15 is 0 Å². The van der Waals surface area contributed by atoms with Gasteiger partial charge in [-0.05, 0) is 31.2 Å². The lowest BCUT2D eigenvalue weighted by Gasteiger charge is -2.40. The van der Waals surface area contributed by atoms with Gasteiger partial charge in [0.1, 0.15) is 18.0 Å². The van der Waals surface area contributed by atoms with Crippen molar-refractivity contribution in [1.82, 2.24) is 14.6 Å². The van der Waals surface area contributed by atoms with Crippen molar-refractivity contribution >= 4 is 40.7 Å². The van der Waals surface area contributed by atoms with Crippen molar-refractivity contribution < 1.29 is 23.4 Å². The molecule has 0 unspecified atom stereocenters. The van der Waals surface area contributed by atoms with Gasteiger partial charge in [-0.15, -0.1) is 24.8 Å². The molecule has 0 amide bonds. The number of nitrogens with one attached hydrogen (secondary N) is 1. The average Bonchev–Trinajstić information content (AvgIpc) is 3.14. The molecule has 0 aliphatic carbocycles. The van der Waals surface area contributed by atoms with Crippen molar-refractivity contribution in [3.63, 3.8) is 0 Å². The number of benzene rings is 1. The molecule has 2 aliphatic rings. The highest BCUT2D eigenvalue weighted by molar-refractivity contribution is 7.89. The summed E-state index contributed by atoms with van der Waals surface area (Å²) >= 11 is 0. The molecule has 0 bridgehead atoms. The minimum absolute atomic E-state index is 0. The van der Waals surface area contributed by atoms with E-state index < -0.39 is 34.4 Å². The second-order valence-corrected chi connectivity index (χ2v) is 10.0. The number of halogens is 2. The molecular weight excluding hydrogens is 503 g/mol. The van der Waals surface area contributed by atoms with Crippen LogP contribution in [0.2, 0.25) is 0 Å². The van der Waals surface area contributed by atoms with E-state index in [9.17, 15) is 18.6 Å². The number of hydrogen-bond donors (Lipinski definition) is 3. The summed E-state index contributed by atoms with van der Waals surface area (Å²) in [6.45, 7) is 4.37. The molecule has 2 fully saturated rings. The second-order valence-electron chi connectivity index (χ2n) is 8.25. The van der Waals surface area contributed by atoms with Gasteiger partial charge in [-0.1, -0.05) is 23.8 Å². The van der Waals surface area contributed by atoms with E-state index in [0.29, 0.717) is 13.1 Å². The average molecular weight is 535 g/mol. The zero-order chi connectivity index (χ0) is 22.7. The maximum atomic E-state index is 12.7. The highest BCUT2D eigenvalue weighted by atomic mass is 35.5. The molecule has 2 saturated heterocycles. The van der Waals surface area contributed by atoms with Gasteiger partial charge >= 0.3 is 0 Å². The van der Waals surface area contributed by atoms with Gasteiger partial charge in [-0.2, -0.15) is 0 Å². The molecule has 12 heteroatoms. The monoisotopic (exact) mass is 534 g/mol. The van der Waals surface area contributed by atoms with Crippen molar-refractivity contribution in [2.45, 2.75) is 36.2 Å². The van der Waals surface area contributed by atoms with Crippen LogP contribution in [0.1, 0.15) is 5.56 Å². The van der Waals surface area contributed by atoms with Crippen LogP contribution in [0.15, 0.2) is 53.6 Å². The summed E-state index contributed by atoms with van der Waals surface area (Å²) in [6, 6.07) is 12.0. The number of ether oxygens (including phenoxy) is 1. The third-order valence-corrected chi connectivity index (χ3v) is 7.60. The minimum atomic E-state index is -3.71. The van der Waals surface area contributed by atoms with Gasteiger partial charge < -0.3 is 19.8 Å². The number of rotatable bonds is 7. The molecule has 4 atom stereocenters. The highest BCUT2D eigenvalue weighted by Crippen LogP contribution is 2.27. The van der Waals surface area contributed by atoms with E-state index in [1.165, 1.54) is 0 Å². The lowest BCUT2D eigenvalue weighted by Crippen LogP contribution is -2.57. The minimum Gasteiger partial charge on any atom is -0.394 e. The van der Waals surface area contributed by atoms with Gasteiger partial charge in [-0.3, -0.25) is 4.90 Å². The normalized spacial score (nSPS) is 25.4. The zero-order valence-electron chi connectivity index (χ0n) is 18.9. The Morgan fingerprint density at radius 2 is 1.74 bits per heavy atom. The summed E-state index contributed by atoms with van der Waals surface area (Å²) in [6.07, 6.45) is -0.472. The van der Waals surface area contributed by atoms with Gasteiger partial charge in [0, 0.05) is 38.9 Å². The SMILES string of the molecule is Cc1ccc(S(=O)(=O)NC[C@H]2O[C@@H](CO)[C@@H](O)[C@H]2N2CCN(c3ccccn3)CC2)cc1.Cl.Cl. The molecule has 4 rings (SSSR count). The summed E-state index contributed by atoms with van der Waals surface area (Å²) in [5.41, 5.74) is 0.974. The van der Waals surface area contributed by atoms with E-state index in [1.54, 1.807) is 30.5 Å². The molecule has 2 aliphatic heterocycles. The van der Waals surface area contributed by atoms with Crippen LogP contribution in [0, 0.1) is 6.92 Å². The first-order chi connectivity index (χ1) is 15.4. The molecule has 1 aromatic carbocycles. The van der Waals surface area contributed by atoms with Gasteiger partial charge in [0.2, 0.25) is 10.0 Å².